The summed E-state index contributed by atoms with van der Waals surface area (Å²) in [5.74, 6) is -0.532. The molecule has 0 spiro atoms. The Morgan fingerprint density at radius 2 is 1.95 bits per heavy atom. The lowest BCUT2D eigenvalue weighted by atomic mass is 9.96. The molecule has 0 aromatic carbocycles. The average Bonchev–Trinajstić information content (AvgIpc) is 2.34. The van der Waals surface area contributed by atoms with E-state index in [2.05, 4.69) is 5.32 Å². The molecule has 0 saturated carbocycles. The highest BCUT2D eigenvalue weighted by molar-refractivity contribution is 7.98. The average molecular weight is 290 g/mol. The number of nitrogens with zero attached hydrogens (tertiary/aromatic N) is 1. The lowest BCUT2D eigenvalue weighted by Gasteiger charge is -2.28. The molecule has 0 aromatic rings. The van der Waals surface area contributed by atoms with Gasteiger partial charge in [0.2, 0.25) is 0 Å². The van der Waals surface area contributed by atoms with Crippen LogP contribution in [0, 0.1) is 11.8 Å². The number of thioether (sulfide) groups is 1. The van der Waals surface area contributed by atoms with Crippen LogP contribution in [-0.2, 0) is 4.79 Å². The van der Waals surface area contributed by atoms with E-state index in [1.807, 2.05) is 27.0 Å². The molecule has 0 fully saturated rings. The number of carboxylic acid groups (broad SMARTS) is 1. The Bertz CT molecular complexity index is 298. The Morgan fingerprint density at radius 1 is 1.37 bits per heavy atom. The maximum Gasteiger partial charge on any atom is 0.317 e. The lowest BCUT2D eigenvalue weighted by molar-refractivity contribution is -0.142. The highest BCUT2D eigenvalue weighted by atomic mass is 32.2. The predicted molar refractivity (Wildman–Crippen MR) is 79.6 cm³/mol. The van der Waals surface area contributed by atoms with Crippen molar-refractivity contribution in [2.24, 2.45) is 11.8 Å². The van der Waals surface area contributed by atoms with E-state index in [0.717, 1.165) is 12.2 Å². The summed E-state index contributed by atoms with van der Waals surface area (Å²) in [5, 5.41) is 11.8. The van der Waals surface area contributed by atoms with Crippen LogP contribution in [0.5, 0.6) is 0 Å². The molecule has 0 rings (SSSR count). The van der Waals surface area contributed by atoms with E-state index in [4.69, 9.17) is 5.11 Å². The zero-order chi connectivity index (χ0) is 15.0. The summed E-state index contributed by atoms with van der Waals surface area (Å²) >= 11 is 1.70. The molecule has 2 N–H and O–H groups in total. The van der Waals surface area contributed by atoms with Crippen LogP contribution in [0.15, 0.2) is 0 Å². The van der Waals surface area contributed by atoms with Gasteiger partial charge in [0.1, 0.15) is 0 Å². The van der Waals surface area contributed by atoms with Crippen molar-refractivity contribution >= 4 is 23.8 Å². The quantitative estimate of drug-likeness (QED) is 0.718. The minimum Gasteiger partial charge on any atom is -0.481 e. The first-order valence-electron chi connectivity index (χ1n) is 6.57. The molecule has 0 aromatic heterocycles. The Hall–Kier alpha value is -0.910. The zero-order valence-corrected chi connectivity index (χ0v) is 13.3. The van der Waals surface area contributed by atoms with Crippen LogP contribution >= 0.6 is 11.8 Å². The first-order chi connectivity index (χ1) is 8.84. The summed E-state index contributed by atoms with van der Waals surface area (Å²) in [4.78, 5) is 24.7. The molecule has 0 saturated heterocycles. The topological polar surface area (TPSA) is 69.6 Å². The van der Waals surface area contributed by atoms with Gasteiger partial charge >= 0.3 is 12.0 Å². The molecule has 6 heteroatoms. The molecule has 112 valence electrons. The fourth-order valence-corrected chi connectivity index (χ4v) is 2.64. The number of carbonyl (C=O) groups excluding carboxylic acids is 1. The third-order valence-electron chi connectivity index (χ3n) is 3.29. The van der Waals surface area contributed by atoms with Crippen molar-refractivity contribution in [2.45, 2.75) is 33.2 Å². The smallest absolute Gasteiger partial charge is 0.317 e. The predicted octanol–water partition coefficient (Wildman–Crippen LogP) is 2.13. The number of aliphatic carboxylic acids is 1. The summed E-state index contributed by atoms with van der Waals surface area (Å²) in [5.41, 5.74) is 0. The third kappa shape index (κ3) is 6.18. The molecule has 2 unspecified atom stereocenters. The maximum atomic E-state index is 12.0. The van der Waals surface area contributed by atoms with Gasteiger partial charge in [-0.3, -0.25) is 4.79 Å². The van der Waals surface area contributed by atoms with Crippen molar-refractivity contribution in [3.63, 3.8) is 0 Å². The summed E-state index contributed by atoms with van der Waals surface area (Å²) < 4.78 is 0. The number of amides is 2. The molecular weight excluding hydrogens is 264 g/mol. The van der Waals surface area contributed by atoms with Gasteiger partial charge in [-0.1, -0.05) is 20.8 Å². The van der Waals surface area contributed by atoms with Crippen molar-refractivity contribution in [1.29, 1.82) is 0 Å². The monoisotopic (exact) mass is 290 g/mol. The molecule has 0 aliphatic carbocycles. The van der Waals surface area contributed by atoms with Gasteiger partial charge in [0.05, 0.1) is 5.92 Å². The second-order valence-electron chi connectivity index (χ2n) is 5.00. The molecule has 5 nitrogen and oxygen atoms in total. The van der Waals surface area contributed by atoms with E-state index >= 15 is 0 Å². The van der Waals surface area contributed by atoms with Crippen LogP contribution in [0.1, 0.15) is 27.2 Å². The van der Waals surface area contributed by atoms with E-state index in [1.165, 1.54) is 0 Å². The molecule has 0 aliphatic heterocycles. The molecule has 0 aliphatic rings. The molecule has 2 atom stereocenters. The Balaban J connectivity index is 4.39. The minimum atomic E-state index is -0.867. The fraction of sp³-hybridized carbons (Fsp3) is 0.846. The first-order valence-corrected chi connectivity index (χ1v) is 7.96. The van der Waals surface area contributed by atoms with E-state index in [1.54, 1.807) is 23.7 Å². The van der Waals surface area contributed by atoms with Crippen LogP contribution < -0.4 is 5.32 Å². The first kappa shape index (κ1) is 18.1. The SMILES string of the molecule is CCC(CSC)N(C)C(=O)NCC(C(=O)O)C(C)C. The largest absolute Gasteiger partial charge is 0.481 e. The highest BCUT2D eigenvalue weighted by Gasteiger charge is 2.24. The standard InChI is InChI=1S/C13H26N2O3S/c1-6-10(8-19-5)15(4)13(18)14-7-11(9(2)3)12(16)17/h9-11H,6-8H2,1-5H3,(H,14,18)(H,16,17). The van der Waals surface area contributed by atoms with Crippen molar-refractivity contribution in [3.05, 3.63) is 0 Å². The van der Waals surface area contributed by atoms with Crippen molar-refractivity contribution < 1.29 is 14.7 Å². The second kappa shape index (κ2) is 9.07. The summed E-state index contributed by atoms with van der Waals surface area (Å²) in [6.07, 6.45) is 2.89. The minimum absolute atomic E-state index is 0.00345. The van der Waals surface area contributed by atoms with E-state index in [9.17, 15) is 9.59 Å². The van der Waals surface area contributed by atoms with Crippen molar-refractivity contribution in [2.75, 3.05) is 25.6 Å². The van der Waals surface area contributed by atoms with Crippen LogP contribution in [-0.4, -0.2) is 53.6 Å². The zero-order valence-electron chi connectivity index (χ0n) is 12.5. The van der Waals surface area contributed by atoms with Gasteiger partial charge in [-0.25, -0.2) is 4.79 Å². The number of urea groups is 1. The molecule has 19 heavy (non-hydrogen) atoms. The Kier molecular flexibility index (Phi) is 8.63. The molecular formula is C13H26N2O3S. The Morgan fingerprint density at radius 3 is 2.32 bits per heavy atom. The van der Waals surface area contributed by atoms with Gasteiger partial charge in [-0.2, -0.15) is 11.8 Å². The number of hydrogen-bond acceptors (Lipinski definition) is 3. The van der Waals surface area contributed by atoms with E-state index < -0.39 is 11.9 Å². The molecule has 2 amide bonds. The number of carbonyl (C=O) groups is 2. The second-order valence-corrected chi connectivity index (χ2v) is 5.91. The maximum absolute atomic E-state index is 12.0. The lowest BCUT2D eigenvalue weighted by Crippen LogP contribution is -2.47. The van der Waals surface area contributed by atoms with Crippen molar-refractivity contribution in [1.82, 2.24) is 10.2 Å². The normalized spacial score (nSPS) is 14.0. The van der Waals surface area contributed by atoms with Gasteiger partial charge in [-0.05, 0) is 18.6 Å². The number of carboxylic acids is 1. The van der Waals surface area contributed by atoms with Gasteiger partial charge in [0.15, 0.2) is 0 Å². The summed E-state index contributed by atoms with van der Waals surface area (Å²) in [6, 6.07) is -0.0230. The van der Waals surface area contributed by atoms with E-state index in [0.29, 0.717) is 0 Å². The fourth-order valence-electron chi connectivity index (χ4n) is 1.79. The number of hydrogen-bond donors (Lipinski definition) is 2. The van der Waals surface area contributed by atoms with Gasteiger partial charge in [-0.15, -0.1) is 0 Å². The third-order valence-corrected chi connectivity index (χ3v) is 4.01. The van der Waals surface area contributed by atoms with Crippen LogP contribution in [0.4, 0.5) is 4.79 Å². The highest BCUT2D eigenvalue weighted by Crippen LogP contribution is 2.11. The van der Waals surface area contributed by atoms with Crippen LogP contribution in [0.3, 0.4) is 0 Å². The van der Waals surface area contributed by atoms with Gasteiger partial charge < -0.3 is 15.3 Å². The van der Waals surface area contributed by atoms with Gasteiger partial charge in [0.25, 0.3) is 0 Å². The van der Waals surface area contributed by atoms with Gasteiger partial charge in [0, 0.05) is 25.4 Å². The number of nitrogens with one attached hydrogen (secondary N) is 1. The van der Waals surface area contributed by atoms with Crippen LogP contribution in [0.2, 0.25) is 0 Å². The summed E-state index contributed by atoms with van der Waals surface area (Å²) in [6.45, 7) is 5.90. The summed E-state index contributed by atoms with van der Waals surface area (Å²) in [7, 11) is 1.75. The van der Waals surface area contributed by atoms with Crippen molar-refractivity contribution in [3.8, 4) is 0 Å². The molecule has 0 bridgehead atoms. The molecule has 0 radical (unpaired) electrons. The number of rotatable bonds is 8. The Labute approximate surface area is 120 Å². The van der Waals surface area contributed by atoms with Crippen LogP contribution in [0.25, 0.3) is 0 Å². The van der Waals surface area contributed by atoms with E-state index in [-0.39, 0.29) is 24.5 Å². The molecule has 0 heterocycles.